The van der Waals surface area contributed by atoms with Gasteiger partial charge in [-0.05, 0) is 47.6 Å². The van der Waals surface area contributed by atoms with E-state index in [0.29, 0.717) is 16.8 Å². The van der Waals surface area contributed by atoms with E-state index < -0.39 is 6.10 Å². The number of aliphatic hydroxyl groups is 1. The smallest absolute Gasteiger partial charge is 0.124 e. The van der Waals surface area contributed by atoms with Crippen LogP contribution in [0.3, 0.4) is 0 Å². The molecule has 0 radical (unpaired) electrons. The Morgan fingerprint density at radius 3 is 2.79 bits per heavy atom. The number of aliphatic hydroxyl groups excluding tert-OH is 1. The monoisotopic (exact) mass is 320 g/mol. The first-order valence-corrected chi connectivity index (χ1v) is 7.15. The van der Waals surface area contributed by atoms with Crippen LogP contribution in [0.15, 0.2) is 46.9 Å². The molecule has 19 heavy (non-hydrogen) atoms. The van der Waals surface area contributed by atoms with Crippen LogP contribution in [0.25, 0.3) is 0 Å². The van der Waals surface area contributed by atoms with E-state index in [9.17, 15) is 9.50 Å². The fourth-order valence-electron chi connectivity index (χ4n) is 2.74. The second kappa shape index (κ2) is 5.06. The number of rotatable bonds is 3. The molecule has 0 saturated heterocycles. The van der Waals surface area contributed by atoms with Gasteiger partial charge < -0.3 is 5.11 Å². The van der Waals surface area contributed by atoms with Gasteiger partial charge in [0, 0.05) is 4.47 Å². The standard InChI is InChI=1S/C16H14BrFO/c17-15-9-12(18)5-6-14(15)16(19)8-11-7-10-3-1-2-4-13(10)11/h1-6,9,11,16,19H,7-8H2. The lowest BCUT2D eigenvalue weighted by Gasteiger charge is -2.32. The third-order valence-electron chi connectivity index (χ3n) is 3.79. The van der Waals surface area contributed by atoms with E-state index >= 15 is 0 Å². The Morgan fingerprint density at radius 2 is 2.05 bits per heavy atom. The third-order valence-corrected chi connectivity index (χ3v) is 4.48. The molecule has 2 atom stereocenters. The van der Waals surface area contributed by atoms with Crippen molar-refractivity contribution >= 4 is 15.9 Å². The van der Waals surface area contributed by atoms with Crippen LogP contribution in [-0.2, 0) is 6.42 Å². The molecule has 1 aliphatic rings. The van der Waals surface area contributed by atoms with Crippen LogP contribution in [0.5, 0.6) is 0 Å². The van der Waals surface area contributed by atoms with Gasteiger partial charge in [-0.25, -0.2) is 4.39 Å². The second-order valence-electron chi connectivity index (χ2n) is 5.02. The van der Waals surface area contributed by atoms with Crippen molar-refractivity contribution in [1.29, 1.82) is 0 Å². The lowest BCUT2D eigenvalue weighted by Crippen LogP contribution is -2.19. The maximum atomic E-state index is 13.0. The first-order valence-electron chi connectivity index (χ1n) is 6.36. The highest BCUT2D eigenvalue weighted by Crippen LogP contribution is 2.41. The molecule has 3 rings (SSSR count). The van der Waals surface area contributed by atoms with E-state index in [0.717, 1.165) is 12.0 Å². The lowest BCUT2D eigenvalue weighted by molar-refractivity contribution is 0.153. The number of halogens is 2. The molecule has 0 fully saturated rings. The van der Waals surface area contributed by atoms with E-state index in [1.54, 1.807) is 6.07 Å². The molecule has 2 unspecified atom stereocenters. The zero-order chi connectivity index (χ0) is 13.4. The summed E-state index contributed by atoms with van der Waals surface area (Å²) in [6.45, 7) is 0. The third kappa shape index (κ3) is 2.45. The minimum atomic E-state index is -0.562. The number of fused-ring (bicyclic) bond motifs is 1. The molecule has 0 bridgehead atoms. The molecule has 0 aliphatic heterocycles. The van der Waals surface area contributed by atoms with Crippen LogP contribution < -0.4 is 0 Å². The molecule has 2 aromatic carbocycles. The van der Waals surface area contributed by atoms with E-state index in [2.05, 4.69) is 28.1 Å². The predicted molar refractivity (Wildman–Crippen MR) is 76.6 cm³/mol. The van der Waals surface area contributed by atoms with Crippen molar-refractivity contribution in [2.24, 2.45) is 0 Å². The van der Waals surface area contributed by atoms with Crippen LogP contribution in [0.1, 0.15) is 35.1 Å². The Labute approximate surface area is 120 Å². The van der Waals surface area contributed by atoms with Crippen molar-refractivity contribution in [3.63, 3.8) is 0 Å². The lowest BCUT2D eigenvalue weighted by atomic mass is 9.74. The highest BCUT2D eigenvalue weighted by Gasteiger charge is 2.28. The SMILES string of the molecule is OC(CC1Cc2ccccc21)c1ccc(F)cc1Br. The molecule has 2 aromatic rings. The van der Waals surface area contributed by atoms with Gasteiger partial charge in [0.2, 0.25) is 0 Å². The van der Waals surface area contributed by atoms with Gasteiger partial charge in [-0.15, -0.1) is 0 Å². The van der Waals surface area contributed by atoms with Crippen LogP contribution in [-0.4, -0.2) is 5.11 Å². The Morgan fingerprint density at radius 1 is 1.26 bits per heavy atom. The van der Waals surface area contributed by atoms with Crippen LogP contribution in [0.4, 0.5) is 4.39 Å². The number of hydrogen-bond acceptors (Lipinski definition) is 1. The van der Waals surface area contributed by atoms with Crippen molar-refractivity contribution < 1.29 is 9.50 Å². The Balaban J connectivity index is 1.75. The molecule has 1 nitrogen and oxygen atoms in total. The highest BCUT2D eigenvalue weighted by atomic mass is 79.9. The van der Waals surface area contributed by atoms with Gasteiger partial charge in [0.15, 0.2) is 0 Å². The van der Waals surface area contributed by atoms with Crippen LogP contribution >= 0.6 is 15.9 Å². The van der Waals surface area contributed by atoms with Gasteiger partial charge in [-0.1, -0.05) is 46.3 Å². The normalized spacial score (nSPS) is 18.6. The Bertz CT molecular complexity index is 611. The Kier molecular flexibility index (Phi) is 3.42. The second-order valence-corrected chi connectivity index (χ2v) is 5.87. The first-order chi connectivity index (χ1) is 9.15. The molecule has 0 aromatic heterocycles. The summed E-state index contributed by atoms with van der Waals surface area (Å²) in [6.07, 6.45) is 1.14. The van der Waals surface area contributed by atoms with Crippen molar-refractivity contribution in [3.8, 4) is 0 Å². The summed E-state index contributed by atoms with van der Waals surface area (Å²) in [7, 11) is 0. The number of benzene rings is 2. The van der Waals surface area contributed by atoms with Crippen molar-refractivity contribution in [2.45, 2.75) is 24.9 Å². The van der Waals surface area contributed by atoms with E-state index in [-0.39, 0.29) is 5.82 Å². The molecular formula is C16H14BrFO. The predicted octanol–water partition coefficient (Wildman–Crippen LogP) is 4.35. The largest absolute Gasteiger partial charge is 0.388 e. The first kappa shape index (κ1) is 12.8. The van der Waals surface area contributed by atoms with Crippen molar-refractivity contribution in [2.75, 3.05) is 0 Å². The molecule has 3 heteroatoms. The summed E-state index contributed by atoms with van der Waals surface area (Å²) in [5, 5.41) is 10.3. The fraction of sp³-hybridized carbons (Fsp3) is 0.250. The van der Waals surface area contributed by atoms with Gasteiger partial charge in [0.1, 0.15) is 5.82 Å². The van der Waals surface area contributed by atoms with Crippen LogP contribution in [0, 0.1) is 5.82 Å². The summed E-state index contributed by atoms with van der Waals surface area (Å²) >= 11 is 3.31. The van der Waals surface area contributed by atoms with Gasteiger partial charge in [-0.3, -0.25) is 0 Å². The van der Waals surface area contributed by atoms with E-state index in [1.165, 1.54) is 23.3 Å². The molecule has 0 heterocycles. The molecule has 0 amide bonds. The maximum absolute atomic E-state index is 13.0. The minimum absolute atomic E-state index is 0.295. The van der Waals surface area contributed by atoms with Crippen molar-refractivity contribution in [3.05, 3.63) is 69.4 Å². The fourth-order valence-corrected chi connectivity index (χ4v) is 3.36. The van der Waals surface area contributed by atoms with Gasteiger partial charge in [-0.2, -0.15) is 0 Å². The summed E-state index contributed by atoms with van der Waals surface area (Å²) in [5.41, 5.74) is 3.46. The average molecular weight is 321 g/mol. The van der Waals surface area contributed by atoms with Crippen LogP contribution in [0.2, 0.25) is 0 Å². The van der Waals surface area contributed by atoms with E-state index in [4.69, 9.17) is 0 Å². The topological polar surface area (TPSA) is 20.2 Å². The number of hydrogen-bond donors (Lipinski definition) is 1. The van der Waals surface area contributed by atoms with Crippen molar-refractivity contribution in [1.82, 2.24) is 0 Å². The van der Waals surface area contributed by atoms with E-state index in [1.807, 2.05) is 12.1 Å². The van der Waals surface area contributed by atoms with Gasteiger partial charge in [0.05, 0.1) is 6.10 Å². The summed E-state index contributed by atoms with van der Waals surface area (Å²) in [4.78, 5) is 0. The quantitative estimate of drug-likeness (QED) is 0.891. The molecular weight excluding hydrogens is 307 g/mol. The minimum Gasteiger partial charge on any atom is -0.388 e. The molecule has 98 valence electrons. The maximum Gasteiger partial charge on any atom is 0.124 e. The Hall–Kier alpha value is -1.19. The summed E-state index contributed by atoms with van der Waals surface area (Å²) in [6, 6.07) is 12.8. The highest BCUT2D eigenvalue weighted by molar-refractivity contribution is 9.10. The summed E-state index contributed by atoms with van der Waals surface area (Å²) in [5.74, 6) is 0.111. The zero-order valence-electron chi connectivity index (χ0n) is 10.3. The molecule has 0 spiro atoms. The zero-order valence-corrected chi connectivity index (χ0v) is 11.9. The average Bonchev–Trinajstić information content (AvgIpc) is 2.35. The summed E-state index contributed by atoms with van der Waals surface area (Å²) < 4.78 is 13.7. The molecule has 1 N–H and O–H groups in total. The van der Waals surface area contributed by atoms with Gasteiger partial charge in [0.25, 0.3) is 0 Å². The molecule has 1 aliphatic carbocycles. The molecule has 0 saturated carbocycles. The van der Waals surface area contributed by atoms with Gasteiger partial charge >= 0.3 is 0 Å².